The summed E-state index contributed by atoms with van der Waals surface area (Å²) in [5.41, 5.74) is 0.185. The monoisotopic (exact) mass is 158 g/mol. The van der Waals surface area contributed by atoms with Gasteiger partial charge in [-0.25, -0.2) is 0 Å². The van der Waals surface area contributed by atoms with Crippen LogP contribution in [-0.2, 0) is 4.79 Å². The van der Waals surface area contributed by atoms with E-state index < -0.39 is 6.10 Å². The first-order valence-electron chi connectivity index (χ1n) is 4.04. The number of aliphatic hydroxyl groups excluding tert-OH is 1. The Labute approximate surface area is 68.6 Å². The first kappa shape index (κ1) is 10.6. The molecule has 0 saturated heterocycles. The number of ketones is 1. The van der Waals surface area contributed by atoms with Crippen LogP contribution in [0.15, 0.2) is 0 Å². The highest BCUT2D eigenvalue weighted by atomic mass is 16.3. The number of carbonyl (C=O) groups is 1. The smallest absolute Gasteiger partial charge is 0.160 e. The fourth-order valence-corrected chi connectivity index (χ4v) is 0.707. The van der Waals surface area contributed by atoms with E-state index >= 15 is 0 Å². The second kappa shape index (κ2) is 3.86. The molecule has 0 aromatic rings. The van der Waals surface area contributed by atoms with Crippen LogP contribution in [0.25, 0.3) is 0 Å². The zero-order chi connectivity index (χ0) is 9.07. The molecule has 11 heavy (non-hydrogen) atoms. The second-order valence-corrected chi connectivity index (χ2v) is 4.20. The largest absolute Gasteiger partial charge is 0.386 e. The predicted molar refractivity (Wildman–Crippen MR) is 45.4 cm³/mol. The molecular formula is C9H18O2. The van der Waals surface area contributed by atoms with Crippen molar-refractivity contribution in [3.63, 3.8) is 0 Å². The summed E-state index contributed by atoms with van der Waals surface area (Å²) in [6.07, 6.45) is 0.537. The van der Waals surface area contributed by atoms with Gasteiger partial charge >= 0.3 is 0 Å². The summed E-state index contributed by atoms with van der Waals surface area (Å²) in [4.78, 5) is 10.9. The van der Waals surface area contributed by atoms with Crippen molar-refractivity contribution < 1.29 is 9.90 Å². The molecule has 0 radical (unpaired) electrons. The summed E-state index contributed by atoms with van der Waals surface area (Å²) in [7, 11) is 0. The molecule has 0 spiro atoms. The van der Waals surface area contributed by atoms with Crippen LogP contribution in [0.4, 0.5) is 0 Å². The van der Waals surface area contributed by atoms with Gasteiger partial charge < -0.3 is 5.11 Å². The van der Waals surface area contributed by atoms with Gasteiger partial charge in [-0.15, -0.1) is 0 Å². The van der Waals surface area contributed by atoms with Crippen LogP contribution in [0.2, 0.25) is 0 Å². The van der Waals surface area contributed by atoms with Crippen molar-refractivity contribution in [2.24, 2.45) is 5.41 Å². The average Bonchev–Trinajstić information content (AvgIpc) is 1.80. The Hall–Kier alpha value is -0.370. The molecule has 0 aliphatic carbocycles. The molecule has 0 aliphatic heterocycles. The molecule has 0 rings (SSSR count). The maximum absolute atomic E-state index is 10.9. The quantitative estimate of drug-likeness (QED) is 0.679. The highest BCUT2D eigenvalue weighted by Gasteiger charge is 2.15. The minimum Gasteiger partial charge on any atom is -0.386 e. The van der Waals surface area contributed by atoms with Crippen molar-refractivity contribution in [1.29, 1.82) is 0 Å². The van der Waals surface area contributed by atoms with Gasteiger partial charge in [0.25, 0.3) is 0 Å². The van der Waals surface area contributed by atoms with Gasteiger partial charge in [0, 0.05) is 6.42 Å². The molecule has 2 heteroatoms. The van der Waals surface area contributed by atoms with Crippen LogP contribution in [0.3, 0.4) is 0 Å². The maximum atomic E-state index is 10.9. The van der Waals surface area contributed by atoms with Gasteiger partial charge in [0.05, 0.1) is 0 Å². The van der Waals surface area contributed by atoms with Crippen LogP contribution < -0.4 is 0 Å². The molecule has 66 valence electrons. The van der Waals surface area contributed by atoms with E-state index in [-0.39, 0.29) is 11.2 Å². The standard InChI is InChI=1S/C9H18O2/c1-7(10)8(11)5-6-9(2,3)4/h7,10H,5-6H2,1-4H3. The van der Waals surface area contributed by atoms with E-state index in [9.17, 15) is 4.79 Å². The summed E-state index contributed by atoms with van der Waals surface area (Å²) >= 11 is 0. The van der Waals surface area contributed by atoms with Crippen LogP contribution in [-0.4, -0.2) is 17.0 Å². The predicted octanol–water partition coefficient (Wildman–Crippen LogP) is 1.76. The molecule has 1 N–H and O–H groups in total. The first-order chi connectivity index (χ1) is 4.83. The van der Waals surface area contributed by atoms with Gasteiger partial charge in [-0.1, -0.05) is 20.8 Å². The molecule has 0 fully saturated rings. The lowest BCUT2D eigenvalue weighted by molar-refractivity contribution is -0.126. The van der Waals surface area contributed by atoms with Crippen molar-refractivity contribution in [2.75, 3.05) is 0 Å². The van der Waals surface area contributed by atoms with E-state index in [0.29, 0.717) is 6.42 Å². The first-order valence-corrected chi connectivity index (χ1v) is 4.04. The number of hydrogen-bond donors (Lipinski definition) is 1. The summed E-state index contributed by atoms with van der Waals surface area (Å²) in [6.45, 7) is 7.78. The van der Waals surface area contributed by atoms with E-state index in [1.807, 2.05) is 0 Å². The van der Waals surface area contributed by atoms with Crippen molar-refractivity contribution in [1.82, 2.24) is 0 Å². The lowest BCUT2D eigenvalue weighted by atomic mass is 9.89. The summed E-state index contributed by atoms with van der Waals surface area (Å²) in [5, 5.41) is 8.87. The van der Waals surface area contributed by atoms with Gasteiger partial charge in [-0.05, 0) is 18.8 Å². The fourth-order valence-electron chi connectivity index (χ4n) is 0.707. The molecule has 2 nitrogen and oxygen atoms in total. The SMILES string of the molecule is CC(O)C(=O)CCC(C)(C)C. The number of carbonyl (C=O) groups excluding carboxylic acids is 1. The van der Waals surface area contributed by atoms with Crippen LogP contribution >= 0.6 is 0 Å². The van der Waals surface area contributed by atoms with E-state index in [1.54, 1.807) is 0 Å². The van der Waals surface area contributed by atoms with Gasteiger partial charge in [0.15, 0.2) is 5.78 Å². The normalized spacial score (nSPS) is 14.6. The molecule has 0 bridgehead atoms. The topological polar surface area (TPSA) is 37.3 Å². The molecule has 0 aromatic heterocycles. The van der Waals surface area contributed by atoms with Crippen molar-refractivity contribution in [3.8, 4) is 0 Å². The average molecular weight is 158 g/mol. The minimum absolute atomic E-state index is 0.0556. The van der Waals surface area contributed by atoms with Gasteiger partial charge in [-0.2, -0.15) is 0 Å². The van der Waals surface area contributed by atoms with Crippen LogP contribution in [0, 0.1) is 5.41 Å². The Balaban J connectivity index is 3.64. The van der Waals surface area contributed by atoms with E-state index in [1.165, 1.54) is 6.92 Å². The van der Waals surface area contributed by atoms with E-state index in [4.69, 9.17) is 5.11 Å². The van der Waals surface area contributed by atoms with Crippen LogP contribution in [0.1, 0.15) is 40.5 Å². The Kier molecular flexibility index (Phi) is 3.73. The van der Waals surface area contributed by atoms with Crippen molar-refractivity contribution >= 4 is 5.78 Å². The Bertz CT molecular complexity index is 131. The van der Waals surface area contributed by atoms with Gasteiger partial charge in [0.1, 0.15) is 6.10 Å². The third-order valence-corrected chi connectivity index (χ3v) is 1.59. The molecule has 0 amide bonds. The maximum Gasteiger partial charge on any atom is 0.160 e. The molecule has 0 saturated carbocycles. The lowest BCUT2D eigenvalue weighted by Gasteiger charge is -2.17. The summed E-state index contributed by atoms with van der Waals surface area (Å²) in [5.74, 6) is -0.0556. The van der Waals surface area contributed by atoms with Crippen molar-refractivity contribution in [3.05, 3.63) is 0 Å². The molecule has 0 heterocycles. The number of rotatable bonds is 3. The zero-order valence-corrected chi connectivity index (χ0v) is 7.85. The van der Waals surface area contributed by atoms with Gasteiger partial charge in [-0.3, -0.25) is 4.79 Å². The number of aliphatic hydroxyl groups is 1. The highest BCUT2D eigenvalue weighted by molar-refractivity contribution is 5.82. The molecular weight excluding hydrogens is 140 g/mol. The minimum atomic E-state index is -0.794. The third kappa shape index (κ3) is 6.05. The Morgan fingerprint density at radius 1 is 1.45 bits per heavy atom. The molecule has 0 aromatic carbocycles. The highest BCUT2D eigenvalue weighted by Crippen LogP contribution is 2.20. The number of hydrogen-bond acceptors (Lipinski definition) is 2. The van der Waals surface area contributed by atoms with Gasteiger partial charge in [0.2, 0.25) is 0 Å². The molecule has 1 unspecified atom stereocenters. The lowest BCUT2D eigenvalue weighted by Crippen LogP contribution is -2.18. The summed E-state index contributed by atoms with van der Waals surface area (Å²) < 4.78 is 0. The van der Waals surface area contributed by atoms with E-state index in [0.717, 1.165) is 6.42 Å². The molecule has 0 aliphatic rings. The van der Waals surface area contributed by atoms with Crippen molar-refractivity contribution in [2.45, 2.75) is 46.6 Å². The number of Topliss-reactive ketones (excluding diaryl/α,β-unsaturated/α-hetero) is 1. The zero-order valence-electron chi connectivity index (χ0n) is 7.85. The summed E-state index contributed by atoms with van der Waals surface area (Å²) in [6, 6.07) is 0. The van der Waals surface area contributed by atoms with Crippen LogP contribution in [0.5, 0.6) is 0 Å². The molecule has 1 atom stereocenters. The fraction of sp³-hybridized carbons (Fsp3) is 0.889. The second-order valence-electron chi connectivity index (χ2n) is 4.20. The third-order valence-electron chi connectivity index (χ3n) is 1.59. The van der Waals surface area contributed by atoms with E-state index in [2.05, 4.69) is 20.8 Å². The Morgan fingerprint density at radius 3 is 2.18 bits per heavy atom. The Morgan fingerprint density at radius 2 is 1.91 bits per heavy atom.